The molecule has 0 N–H and O–H groups in total. The number of pyridine rings is 1. The molecule has 23 heavy (non-hydrogen) atoms. The maximum absolute atomic E-state index is 13.2. The maximum Gasteiger partial charge on any atom is 0.123 e. The standard InChI is InChI=1S/C19H20FN3/c1-13(2)12-23-14(3)18(15-8-10-21-11-9-15)19(22-23)16-4-6-17(20)7-5-16/h4-11,13H,12H2,1-3H3. The van der Waals surface area contributed by atoms with E-state index in [4.69, 9.17) is 5.10 Å². The average Bonchev–Trinajstić information content (AvgIpc) is 2.85. The molecule has 2 aromatic heterocycles. The summed E-state index contributed by atoms with van der Waals surface area (Å²) in [4.78, 5) is 4.09. The normalized spacial score (nSPS) is 11.2. The van der Waals surface area contributed by atoms with Crippen molar-refractivity contribution in [1.29, 1.82) is 0 Å². The Balaban J connectivity index is 2.19. The SMILES string of the molecule is Cc1c(-c2ccncc2)c(-c2ccc(F)cc2)nn1CC(C)C. The van der Waals surface area contributed by atoms with Crippen LogP contribution < -0.4 is 0 Å². The van der Waals surface area contributed by atoms with E-state index in [0.717, 1.165) is 34.6 Å². The van der Waals surface area contributed by atoms with Crippen LogP contribution in [0.4, 0.5) is 4.39 Å². The van der Waals surface area contributed by atoms with Gasteiger partial charge in [-0.15, -0.1) is 0 Å². The molecule has 0 spiro atoms. The van der Waals surface area contributed by atoms with Crippen LogP contribution in [0.5, 0.6) is 0 Å². The Labute approximate surface area is 135 Å². The van der Waals surface area contributed by atoms with Crippen molar-refractivity contribution in [2.75, 3.05) is 0 Å². The van der Waals surface area contributed by atoms with Crippen LogP contribution in [0.15, 0.2) is 48.8 Å². The van der Waals surface area contributed by atoms with Gasteiger partial charge in [0.15, 0.2) is 0 Å². The second-order valence-electron chi connectivity index (χ2n) is 6.13. The molecule has 3 nitrogen and oxygen atoms in total. The minimum atomic E-state index is -0.238. The molecule has 0 unspecified atom stereocenters. The smallest absolute Gasteiger partial charge is 0.123 e. The highest BCUT2D eigenvalue weighted by molar-refractivity contribution is 5.82. The summed E-state index contributed by atoms with van der Waals surface area (Å²) in [5.74, 6) is 0.262. The van der Waals surface area contributed by atoms with Gasteiger partial charge in [-0.3, -0.25) is 9.67 Å². The first-order chi connectivity index (χ1) is 11.1. The fourth-order valence-electron chi connectivity index (χ4n) is 2.74. The van der Waals surface area contributed by atoms with E-state index in [1.54, 1.807) is 24.5 Å². The zero-order valence-corrected chi connectivity index (χ0v) is 13.6. The molecule has 2 heterocycles. The highest BCUT2D eigenvalue weighted by Crippen LogP contribution is 2.34. The Kier molecular flexibility index (Phi) is 4.24. The summed E-state index contributed by atoms with van der Waals surface area (Å²) >= 11 is 0. The molecule has 1 aromatic carbocycles. The lowest BCUT2D eigenvalue weighted by molar-refractivity contribution is 0.476. The first-order valence-corrected chi connectivity index (χ1v) is 7.80. The van der Waals surface area contributed by atoms with Crippen molar-refractivity contribution in [3.05, 3.63) is 60.3 Å². The van der Waals surface area contributed by atoms with Gasteiger partial charge in [0, 0.05) is 35.8 Å². The van der Waals surface area contributed by atoms with Gasteiger partial charge in [0.05, 0.1) is 0 Å². The monoisotopic (exact) mass is 309 g/mol. The Hall–Kier alpha value is -2.49. The first kappa shape index (κ1) is 15.4. The van der Waals surface area contributed by atoms with E-state index in [0.29, 0.717) is 5.92 Å². The summed E-state index contributed by atoms with van der Waals surface area (Å²) in [5, 5.41) is 4.80. The summed E-state index contributed by atoms with van der Waals surface area (Å²) < 4.78 is 15.3. The van der Waals surface area contributed by atoms with Crippen LogP contribution >= 0.6 is 0 Å². The Bertz CT molecular complexity index is 789. The summed E-state index contributed by atoms with van der Waals surface area (Å²) in [6, 6.07) is 10.5. The number of rotatable bonds is 4. The number of hydrogen-bond acceptors (Lipinski definition) is 2. The minimum Gasteiger partial charge on any atom is -0.268 e. The number of aromatic nitrogens is 3. The Morgan fingerprint density at radius 3 is 2.26 bits per heavy atom. The first-order valence-electron chi connectivity index (χ1n) is 7.80. The van der Waals surface area contributed by atoms with Gasteiger partial charge in [-0.1, -0.05) is 13.8 Å². The molecule has 0 fully saturated rings. The van der Waals surface area contributed by atoms with Crippen LogP contribution in [-0.2, 0) is 6.54 Å². The Morgan fingerprint density at radius 1 is 1.00 bits per heavy atom. The molecule has 0 aliphatic rings. The number of hydrogen-bond donors (Lipinski definition) is 0. The van der Waals surface area contributed by atoms with Gasteiger partial charge in [-0.05, 0) is 54.8 Å². The van der Waals surface area contributed by atoms with E-state index < -0.39 is 0 Å². The lowest BCUT2D eigenvalue weighted by atomic mass is 10.00. The van der Waals surface area contributed by atoms with Gasteiger partial charge < -0.3 is 0 Å². The van der Waals surface area contributed by atoms with Crippen molar-refractivity contribution < 1.29 is 4.39 Å². The third-order valence-electron chi connectivity index (χ3n) is 3.83. The molecule has 0 radical (unpaired) electrons. The summed E-state index contributed by atoms with van der Waals surface area (Å²) in [7, 11) is 0. The summed E-state index contributed by atoms with van der Waals surface area (Å²) in [5.41, 5.74) is 5.08. The Morgan fingerprint density at radius 2 is 1.65 bits per heavy atom. The van der Waals surface area contributed by atoms with Gasteiger partial charge in [0.1, 0.15) is 11.5 Å². The van der Waals surface area contributed by atoms with Crippen LogP contribution in [0.25, 0.3) is 22.4 Å². The van der Waals surface area contributed by atoms with E-state index >= 15 is 0 Å². The molecule has 3 aromatic rings. The lowest BCUT2D eigenvalue weighted by Gasteiger charge is -2.07. The van der Waals surface area contributed by atoms with Gasteiger partial charge in [-0.25, -0.2) is 4.39 Å². The van der Waals surface area contributed by atoms with Crippen molar-refractivity contribution in [3.63, 3.8) is 0 Å². The number of benzene rings is 1. The highest BCUT2D eigenvalue weighted by Gasteiger charge is 2.18. The molecule has 0 saturated heterocycles. The third kappa shape index (κ3) is 3.16. The minimum absolute atomic E-state index is 0.238. The molecule has 0 aliphatic carbocycles. The molecule has 0 atom stereocenters. The second kappa shape index (κ2) is 6.32. The molecule has 0 saturated carbocycles. The van der Waals surface area contributed by atoms with Gasteiger partial charge in [0.2, 0.25) is 0 Å². The van der Waals surface area contributed by atoms with E-state index in [-0.39, 0.29) is 5.82 Å². The molecule has 0 aliphatic heterocycles. The number of nitrogens with zero attached hydrogens (tertiary/aromatic N) is 3. The van der Waals surface area contributed by atoms with Crippen LogP contribution in [0, 0.1) is 18.7 Å². The predicted molar refractivity (Wildman–Crippen MR) is 90.4 cm³/mol. The average molecular weight is 309 g/mol. The van der Waals surface area contributed by atoms with Crippen LogP contribution in [0.3, 0.4) is 0 Å². The van der Waals surface area contributed by atoms with E-state index in [1.165, 1.54) is 12.1 Å². The maximum atomic E-state index is 13.2. The fraction of sp³-hybridized carbons (Fsp3) is 0.263. The second-order valence-corrected chi connectivity index (χ2v) is 6.13. The zero-order valence-electron chi connectivity index (χ0n) is 13.6. The lowest BCUT2D eigenvalue weighted by Crippen LogP contribution is -2.07. The number of halogens is 1. The molecular weight excluding hydrogens is 289 g/mol. The third-order valence-corrected chi connectivity index (χ3v) is 3.83. The van der Waals surface area contributed by atoms with Crippen molar-refractivity contribution in [1.82, 2.24) is 14.8 Å². The van der Waals surface area contributed by atoms with Crippen molar-refractivity contribution in [2.45, 2.75) is 27.3 Å². The molecule has 118 valence electrons. The quantitative estimate of drug-likeness (QED) is 0.698. The van der Waals surface area contributed by atoms with Gasteiger partial charge in [0.25, 0.3) is 0 Å². The molecular formula is C19H20FN3. The van der Waals surface area contributed by atoms with Crippen LogP contribution in [0.2, 0.25) is 0 Å². The fourth-order valence-corrected chi connectivity index (χ4v) is 2.74. The highest BCUT2D eigenvalue weighted by atomic mass is 19.1. The van der Waals surface area contributed by atoms with Gasteiger partial charge in [-0.2, -0.15) is 5.10 Å². The molecule has 0 amide bonds. The van der Waals surface area contributed by atoms with Crippen LogP contribution in [0.1, 0.15) is 19.5 Å². The van der Waals surface area contributed by atoms with Crippen LogP contribution in [-0.4, -0.2) is 14.8 Å². The van der Waals surface area contributed by atoms with Crippen molar-refractivity contribution >= 4 is 0 Å². The van der Waals surface area contributed by atoms with Gasteiger partial charge >= 0.3 is 0 Å². The summed E-state index contributed by atoms with van der Waals surface area (Å²) in [6.45, 7) is 7.28. The molecule has 3 rings (SSSR count). The predicted octanol–water partition coefficient (Wildman–Crippen LogP) is 4.72. The largest absolute Gasteiger partial charge is 0.268 e. The summed E-state index contributed by atoms with van der Waals surface area (Å²) in [6.07, 6.45) is 3.56. The van der Waals surface area contributed by atoms with E-state index in [2.05, 4.69) is 25.8 Å². The molecule has 0 bridgehead atoms. The topological polar surface area (TPSA) is 30.7 Å². The van der Waals surface area contributed by atoms with Crippen molar-refractivity contribution in [2.24, 2.45) is 5.92 Å². The van der Waals surface area contributed by atoms with E-state index in [1.807, 2.05) is 16.8 Å². The van der Waals surface area contributed by atoms with Crippen molar-refractivity contribution in [3.8, 4) is 22.4 Å². The zero-order chi connectivity index (χ0) is 16.4. The van der Waals surface area contributed by atoms with E-state index in [9.17, 15) is 4.39 Å². The molecule has 4 heteroatoms.